The van der Waals surface area contributed by atoms with Gasteiger partial charge in [-0.1, -0.05) is 20.8 Å². The fraction of sp³-hybridized carbons (Fsp3) is 0.923. The third-order valence-corrected chi connectivity index (χ3v) is 3.08. The number of hydrogen-bond donors (Lipinski definition) is 2. The molecule has 0 aliphatic carbocycles. The van der Waals surface area contributed by atoms with Crippen molar-refractivity contribution in [2.45, 2.75) is 45.8 Å². The first-order valence-electron chi connectivity index (χ1n) is 6.64. The van der Waals surface area contributed by atoms with Crippen LogP contribution in [0.3, 0.4) is 0 Å². The molecule has 1 rings (SSSR count). The van der Waals surface area contributed by atoms with Gasteiger partial charge in [0, 0.05) is 19.8 Å². The quantitative estimate of drug-likeness (QED) is 0.687. The Balaban J connectivity index is 2.05. The summed E-state index contributed by atoms with van der Waals surface area (Å²) in [5.41, 5.74) is 5.64. The lowest BCUT2D eigenvalue weighted by molar-refractivity contribution is -0.124. The minimum absolute atomic E-state index is 0.0910. The first-order valence-corrected chi connectivity index (χ1v) is 6.64. The molecule has 0 radical (unpaired) electrons. The molecule has 106 valence electrons. The molecular formula is C13H26N2O3. The van der Waals surface area contributed by atoms with Crippen molar-refractivity contribution in [2.75, 3.05) is 26.4 Å². The van der Waals surface area contributed by atoms with Gasteiger partial charge in [0.2, 0.25) is 5.91 Å². The first kappa shape index (κ1) is 15.4. The molecule has 1 aliphatic rings. The monoisotopic (exact) mass is 258 g/mol. The summed E-state index contributed by atoms with van der Waals surface area (Å²) in [7, 11) is 0. The van der Waals surface area contributed by atoms with Crippen LogP contribution in [0.15, 0.2) is 0 Å². The third kappa shape index (κ3) is 5.33. The van der Waals surface area contributed by atoms with Crippen molar-refractivity contribution in [3.05, 3.63) is 0 Å². The van der Waals surface area contributed by atoms with E-state index >= 15 is 0 Å². The zero-order valence-corrected chi connectivity index (χ0v) is 11.7. The molecule has 5 heteroatoms. The standard InChI is InChI=1S/C13H26N2O3/c1-13(2,3)11(14)12(16)15-6-4-7-18-10-5-8-17-9-10/h10-11H,4-9,14H2,1-3H3,(H,15,16)/t10?,11-/m1/s1. The van der Waals surface area contributed by atoms with Gasteiger partial charge in [-0.05, 0) is 18.3 Å². The van der Waals surface area contributed by atoms with E-state index in [-0.39, 0.29) is 17.4 Å². The summed E-state index contributed by atoms with van der Waals surface area (Å²) in [6.07, 6.45) is 2.01. The summed E-state index contributed by atoms with van der Waals surface area (Å²) in [6, 6.07) is -0.471. The Morgan fingerprint density at radius 3 is 2.83 bits per heavy atom. The van der Waals surface area contributed by atoms with E-state index in [2.05, 4.69) is 5.32 Å². The van der Waals surface area contributed by atoms with Crippen molar-refractivity contribution in [2.24, 2.45) is 11.1 Å². The van der Waals surface area contributed by atoms with E-state index in [1.165, 1.54) is 0 Å². The topological polar surface area (TPSA) is 73.6 Å². The molecule has 2 atom stereocenters. The highest BCUT2D eigenvalue weighted by Gasteiger charge is 2.26. The molecule has 1 saturated heterocycles. The van der Waals surface area contributed by atoms with Gasteiger partial charge in [-0.25, -0.2) is 0 Å². The molecule has 0 bridgehead atoms. The molecule has 1 unspecified atom stereocenters. The van der Waals surface area contributed by atoms with Gasteiger partial charge in [0.1, 0.15) is 0 Å². The van der Waals surface area contributed by atoms with Crippen molar-refractivity contribution in [1.29, 1.82) is 0 Å². The van der Waals surface area contributed by atoms with Crippen LogP contribution in [0.25, 0.3) is 0 Å². The largest absolute Gasteiger partial charge is 0.379 e. The van der Waals surface area contributed by atoms with Gasteiger partial charge in [0.15, 0.2) is 0 Å². The van der Waals surface area contributed by atoms with Crippen molar-refractivity contribution >= 4 is 5.91 Å². The van der Waals surface area contributed by atoms with Crippen LogP contribution in [0.5, 0.6) is 0 Å². The van der Waals surface area contributed by atoms with Crippen LogP contribution in [-0.4, -0.2) is 44.4 Å². The van der Waals surface area contributed by atoms with Gasteiger partial charge in [-0.2, -0.15) is 0 Å². The van der Waals surface area contributed by atoms with E-state index in [9.17, 15) is 4.79 Å². The molecule has 1 amide bonds. The van der Waals surface area contributed by atoms with Gasteiger partial charge >= 0.3 is 0 Å². The van der Waals surface area contributed by atoms with E-state index in [1.54, 1.807) is 0 Å². The van der Waals surface area contributed by atoms with Gasteiger partial charge in [-0.3, -0.25) is 4.79 Å². The van der Waals surface area contributed by atoms with Gasteiger partial charge in [0.25, 0.3) is 0 Å². The normalized spacial score (nSPS) is 21.9. The summed E-state index contributed by atoms with van der Waals surface area (Å²) < 4.78 is 10.8. The van der Waals surface area contributed by atoms with Gasteiger partial charge in [0.05, 0.1) is 18.8 Å². The first-order chi connectivity index (χ1) is 8.41. The third-order valence-electron chi connectivity index (χ3n) is 3.08. The van der Waals surface area contributed by atoms with Crippen LogP contribution in [0, 0.1) is 5.41 Å². The van der Waals surface area contributed by atoms with Crippen LogP contribution in [0.1, 0.15) is 33.6 Å². The molecule has 0 aromatic carbocycles. The molecule has 0 saturated carbocycles. The average molecular weight is 258 g/mol. The Bertz CT molecular complexity index is 257. The molecule has 1 aliphatic heterocycles. The number of rotatable bonds is 6. The molecule has 0 spiro atoms. The number of ether oxygens (including phenoxy) is 2. The second-order valence-electron chi connectivity index (χ2n) is 5.84. The van der Waals surface area contributed by atoms with E-state index in [0.717, 1.165) is 19.4 Å². The van der Waals surface area contributed by atoms with Crippen LogP contribution < -0.4 is 11.1 Å². The predicted octanol–water partition coefficient (Wildman–Crippen LogP) is 0.672. The molecule has 1 fully saturated rings. The van der Waals surface area contributed by atoms with E-state index in [4.69, 9.17) is 15.2 Å². The average Bonchev–Trinajstić information content (AvgIpc) is 2.79. The smallest absolute Gasteiger partial charge is 0.237 e. The summed E-state index contributed by atoms with van der Waals surface area (Å²) in [5.74, 6) is -0.0910. The summed E-state index contributed by atoms with van der Waals surface area (Å²) in [4.78, 5) is 11.7. The summed E-state index contributed by atoms with van der Waals surface area (Å²) in [5, 5.41) is 2.84. The number of nitrogens with two attached hydrogens (primary N) is 1. The Morgan fingerprint density at radius 1 is 1.56 bits per heavy atom. The lowest BCUT2D eigenvalue weighted by atomic mass is 9.87. The highest BCUT2D eigenvalue weighted by molar-refractivity contribution is 5.82. The minimum Gasteiger partial charge on any atom is -0.379 e. The Kier molecular flexibility index (Phi) is 6.05. The fourth-order valence-corrected chi connectivity index (χ4v) is 1.68. The zero-order chi connectivity index (χ0) is 13.6. The number of amides is 1. The summed E-state index contributed by atoms with van der Waals surface area (Å²) in [6.45, 7) is 8.62. The van der Waals surface area contributed by atoms with E-state index in [1.807, 2.05) is 20.8 Å². The lowest BCUT2D eigenvalue weighted by Crippen LogP contribution is -2.48. The van der Waals surface area contributed by atoms with Crippen molar-refractivity contribution in [3.63, 3.8) is 0 Å². The molecule has 5 nitrogen and oxygen atoms in total. The van der Waals surface area contributed by atoms with Gasteiger partial charge in [-0.15, -0.1) is 0 Å². The number of hydrogen-bond acceptors (Lipinski definition) is 4. The van der Waals surface area contributed by atoms with Gasteiger partial charge < -0.3 is 20.5 Å². The van der Waals surface area contributed by atoms with Crippen LogP contribution >= 0.6 is 0 Å². The van der Waals surface area contributed by atoms with Crippen LogP contribution in [-0.2, 0) is 14.3 Å². The van der Waals surface area contributed by atoms with Crippen LogP contribution in [0.4, 0.5) is 0 Å². The second-order valence-corrected chi connectivity index (χ2v) is 5.84. The highest BCUT2D eigenvalue weighted by atomic mass is 16.5. The minimum atomic E-state index is -0.471. The fourth-order valence-electron chi connectivity index (χ4n) is 1.68. The summed E-state index contributed by atoms with van der Waals surface area (Å²) >= 11 is 0. The number of carbonyl (C=O) groups is 1. The molecule has 0 aromatic heterocycles. The maximum Gasteiger partial charge on any atom is 0.237 e. The van der Waals surface area contributed by atoms with Crippen molar-refractivity contribution in [1.82, 2.24) is 5.32 Å². The SMILES string of the molecule is CC(C)(C)[C@H](N)C(=O)NCCCOC1CCOC1. The Labute approximate surface area is 109 Å². The molecule has 1 heterocycles. The van der Waals surface area contributed by atoms with Crippen LogP contribution in [0.2, 0.25) is 0 Å². The van der Waals surface area contributed by atoms with Crippen molar-refractivity contribution < 1.29 is 14.3 Å². The number of carbonyl (C=O) groups excluding carboxylic acids is 1. The lowest BCUT2D eigenvalue weighted by Gasteiger charge is -2.25. The number of nitrogens with one attached hydrogen (secondary N) is 1. The maximum atomic E-state index is 11.7. The van der Waals surface area contributed by atoms with E-state index in [0.29, 0.717) is 19.8 Å². The van der Waals surface area contributed by atoms with E-state index < -0.39 is 6.04 Å². The molecular weight excluding hydrogens is 232 g/mol. The second kappa shape index (κ2) is 7.07. The maximum absolute atomic E-state index is 11.7. The molecule has 0 aromatic rings. The zero-order valence-electron chi connectivity index (χ0n) is 11.7. The molecule has 18 heavy (non-hydrogen) atoms. The molecule has 3 N–H and O–H groups in total. The Hall–Kier alpha value is -0.650. The highest BCUT2D eigenvalue weighted by Crippen LogP contribution is 2.17. The predicted molar refractivity (Wildman–Crippen MR) is 70.2 cm³/mol. The van der Waals surface area contributed by atoms with Crippen molar-refractivity contribution in [3.8, 4) is 0 Å². The Morgan fingerprint density at radius 2 is 2.28 bits per heavy atom.